The lowest BCUT2D eigenvalue weighted by atomic mass is 9.80. The number of hydrogen-bond acceptors (Lipinski definition) is 1. The van der Waals surface area contributed by atoms with E-state index >= 15 is 0 Å². The number of nitrogens with zero attached hydrogens (tertiary/aromatic N) is 1. The van der Waals surface area contributed by atoms with Gasteiger partial charge in [0.1, 0.15) is 0 Å². The lowest BCUT2D eigenvalue weighted by molar-refractivity contribution is -0.136. The second-order valence-corrected chi connectivity index (χ2v) is 4.19. The Morgan fingerprint density at radius 2 is 2.36 bits per heavy atom. The van der Waals surface area contributed by atoms with Gasteiger partial charge in [-0.15, -0.1) is 0 Å². The van der Waals surface area contributed by atoms with E-state index in [4.69, 9.17) is 0 Å². The topological polar surface area (TPSA) is 20.3 Å². The van der Waals surface area contributed by atoms with Crippen LogP contribution in [0.3, 0.4) is 0 Å². The minimum absolute atomic E-state index is 0.119. The molecule has 2 heteroatoms. The van der Waals surface area contributed by atoms with Gasteiger partial charge in [0.15, 0.2) is 0 Å². The first-order chi connectivity index (χ1) is 6.72. The highest BCUT2D eigenvalue weighted by Gasteiger charge is 2.33. The van der Waals surface area contributed by atoms with E-state index in [-0.39, 0.29) is 11.8 Å². The normalized spacial score (nSPS) is 31.4. The standard InChI is InChI=1S/C12H17NO/c1-3-9-4-5-10-6-7-13(2)12(14)11(10)8-9/h4-5,8,10-11H,3,6-7H2,1-2H3. The van der Waals surface area contributed by atoms with Gasteiger partial charge < -0.3 is 4.90 Å². The Hall–Kier alpha value is -1.05. The van der Waals surface area contributed by atoms with Gasteiger partial charge in [-0.3, -0.25) is 4.79 Å². The zero-order valence-electron chi connectivity index (χ0n) is 8.86. The molecule has 1 aliphatic heterocycles. The van der Waals surface area contributed by atoms with Crippen LogP contribution in [-0.4, -0.2) is 24.4 Å². The van der Waals surface area contributed by atoms with Crippen molar-refractivity contribution in [1.82, 2.24) is 4.90 Å². The van der Waals surface area contributed by atoms with E-state index < -0.39 is 0 Å². The summed E-state index contributed by atoms with van der Waals surface area (Å²) in [5.41, 5.74) is 1.30. The number of piperidine rings is 1. The molecule has 2 nitrogen and oxygen atoms in total. The molecule has 0 spiro atoms. The Morgan fingerprint density at radius 3 is 3.07 bits per heavy atom. The summed E-state index contributed by atoms with van der Waals surface area (Å²) in [7, 11) is 1.90. The summed E-state index contributed by atoms with van der Waals surface area (Å²) in [6, 6.07) is 0. The summed E-state index contributed by atoms with van der Waals surface area (Å²) in [6.07, 6.45) is 8.68. The van der Waals surface area contributed by atoms with E-state index in [9.17, 15) is 4.79 Å². The van der Waals surface area contributed by atoms with Crippen LogP contribution in [0.15, 0.2) is 23.8 Å². The maximum atomic E-state index is 11.9. The molecule has 0 aromatic carbocycles. The van der Waals surface area contributed by atoms with Gasteiger partial charge in [-0.25, -0.2) is 0 Å². The molecule has 0 saturated carbocycles. The molecule has 0 bridgehead atoms. The molecule has 1 fully saturated rings. The van der Waals surface area contributed by atoms with E-state index in [0.29, 0.717) is 5.92 Å². The molecule has 1 aliphatic carbocycles. The van der Waals surface area contributed by atoms with Gasteiger partial charge in [-0.2, -0.15) is 0 Å². The predicted octanol–water partition coefficient (Wildman–Crippen LogP) is 1.99. The number of carbonyl (C=O) groups is 1. The van der Waals surface area contributed by atoms with E-state index in [1.165, 1.54) is 5.57 Å². The Morgan fingerprint density at radius 1 is 1.57 bits per heavy atom. The molecule has 0 aromatic heterocycles. The third-order valence-corrected chi connectivity index (χ3v) is 3.28. The van der Waals surface area contributed by atoms with Crippen LogP contribution in [0.2, 0.25) is 0 Å². The van der Waals surface area contributed by atoms with Crippen LogP contribution in [-0.2, 0) is 4.79 Å². The van der Waals surface area contributed by atoms with Crippen LogP contribution in [0.1, 0.15) is 19.8 Å². The molecule has 2 aliphatic rings. The van der Waals surface area contributed by atoms with E-state index in [0.717, 1.165) is 19.4 Å². The van der Waals surface area contributed by atoms with Gasteiger partial charge in [-0.05, 0) is 18.8 Å². The van der Waals surface area contributed by atoms with Crippen LogP contribution >= 0.6 is 0 Å². The summed E-state index contributed by atoms with van der Waals surface area (Å²) in [4.78, 5) is 13.7. The number of fused-ring (bicyclic) bond motifs is 1. The number of carbonyl (C=O) groups excluding carboxylic acids is 1. The minimum Gasteiger partial charge on any atom is -0.345 e. The van der Waals surface area contributed by atoms with Crippen molar-refractivity contribution < 1.29 is 4.79 Å². The summed E-state index contributed by atoms with van der Waals surface area (Å²) < 4.78 is 0. The fourth-order valence-electron chi connectivity index (χ4n) is 2.25. The fourth-order valence-corrected chi connectivity index (χ4v) is 2.25. The van der Waals surface area contributed by atoms with E-state index in [1.54, 1.807) is 0 Å². The van der Waals surface area contributed by atoms with Crippen LogP contribution in [0.4, 0.5) is 0 Å². The van der Waals surface area contributed by atoms with Crippen molar-refractivity contribution in [3.63, 3.8) is 0 Å². The Bertz CT molecular complexity index is 303. The monoisotopic (exact) mass is 191 g/mol. The number of allylic oxidation sites excluding steroid dienone is 3. The summed E-state index contributed by atoms with van der Waals surface area (Å²) in [6.45, 7) is 3.03. The third-order valence-electron chi connectivity index (χ3n) is 3.28. The highest BCUT2D eigenvalue weighted by molar-refractivity contribution is 5.82. The molecule has 0 N–H and O–H groups in total. The molecule has 14 heavy (non-hydrogen) atoms. The van der Waals surface area contributed by atoms with Gasteiger partial charge in [0.2, 0.25) is 5.91 Å². The minimum atomic E-state index is 0.119. The van der Waals surface area contributed by atoms with Crippen molar-refractivity contribution in [2.45, 2.75) is 19.8 Å². The van der Waals surface area contributed by atoms with E-state index in [2.05, 4.69) is 25.2 Å². The van der Waals surface area contributed by atoms with Crippen LogP contribution in [0, 0.1) is 11.8 Å². The zero-order valence-corrected chi connectivity index (χ0v) is 8.86. The first-order valence-electron chi connectivity index (χ1n) is 5.36. The summed E-state index contributed by atoms with van der Waals surface area (Å²) in [5, 5.41) is 0. The van der Waals surface area contributed by atoms with Crippen molar-refractivity contribution in [1.29, 1.82) is 0 Å². The smallest absolute Gasteiger partial charge is 0.229 e. The van der Waals surface area contributed by atoms with Crippen molar-refractivity contribution in [2.75, 3.05) is 13.6 Å². The van der Waals surface area contributed by atoms with Crippen LogP contribution in [0.5, 0.6) is 0 Å². The maximum absolute atomic E-state index is 11.9. The molecular formula is C12H17NO. The largest absolute Gasteiger partial charge is 0.345 e. The van der Waals surface area contributed by atoms with Crippen molar-refractivity contribution in [2.24, 2.45) is 11.8 Å². The highest BCUT2D eigenvalue weighted by atomic mass is 16.2. The van der Waals surface area contributed by atoms with Gasteiger partial charge >= 0.3 is 0 Å². The first-order valence-corrected chi connectivity index (χ1v) is 5.36. The van der Waals surface area contributed by atoms with Crippen molar-refractivity contribution >= 4 is 5.91 Å². The van der Waals surface area contributed by atoms with Gasteiger partial charge in [0.05, 0.1) is 5.92 Å². The highest BCUT2D eigenvalue weighted by Crippen LogP contribution is 2.31. The third kappa shape index (κ3) is 1.49. The average Bonchev–Trinajstić information content (AvgIpc) is 2.23. The van der Waals surface area contributed by atoms with Gasteiger partial charge in [0, 0.05) is 13.6 Å². The summed E-state index contributed by atoms with van der Waals surface area (Å²) in [5.74, 6) is 0.860. The summed E-state index contributed by atoms with van der Waals surface area (Å²) >= 11 is 0. The Balaban J connectivity index is 2.22. The molecule has 2 unspecified atom stereocenters. The second-order valence-electron chi connectivity index (χ2n) is 4.19. The number of hydrogen-bond donors (Lipinski definition) is 0. The molecule has 2 atom stereocenters. The number of likely N-dealkylation sites (tertiary alicyclic amines) is 1. The van der Waals surface area contributed by atoms with E-state index in [1.807, 2.05) is 11.9 Å². The molecule has 0 radical (unpaired) electrons. The molecule has 1 saturated heterocycles. The van der Waals surface area contributed by atoms with Crippen LogP contribution in [0.25, 0.3) is 0 Å². The predicted molar refractivity (Wildman–Crippen MR) is 56.7 cm³/mol. The molecule has 76 valence electrons. The lowest BCUT2D eigenvalue weighted by Crippen LogP contribution is -2.42. The molecular weight excluding hydrogens is 174 g/mol. The SMILES string of the molecule is CCC1=CC2C(=O)N(C)CCC2C=C1. The first kappa shape index (κ1) is 9.50. The zero-order chi connectivity index (χ0) is 10.1. The van der Waals surface area contributed by atoms with Crippen molar-refractivity contribution in [3.05, 3.63) is 23.8 Å². The Kier molecular flexibility index (Phi) is 2.44. The van der Waals surface area contributed by atoms with Crippen LogP contribution < -0.4 is 0 Å². The average molecular weight is 191 g/mol. The molecule has 1 heterocycles. The molecule has 1 amide bonds. The second kappa shape index (κ2) is 3.60. The lowest BCUT2D eigenvalue weighted by Gasteiger charge is -2.35. The quantitative estimate of drug-likeness (QED) is 0.620. The fraction of sp³-hybridized carbons (Fsp3) is 0.583. The molecule has 0 aromatic rings. The van der Waals surface area contributed by atoms with Crippen molar-refractivity contribution in [3.8, 4) is 0 Å². The molecule has 2 rings (SSSR count). The van der Waals surface area contributed by atoms with Gasteiger partial charge in [0.25, 0.3) is 0 Å². The maximum Gasteiger partial charge on any atom is 0.229 e. The number of amides is 1. The van der Waals surface area contributed by atoms with Gasteiger partial charge in [-0.1, -0.05) is 30.7 Å². The number of rotatable bonds is 1. The Labute approximate surface area is 85.3 Å².